The first-order valence-electron chi connectivity index (χ1n) is 3.35. The highest BCUT2D eigenvalue weighted by molar-refractivity contribution is 5.81. The van der Waals surface area contributed by atoms with Gasteiger partial charge in [-0.15, -0.1) is 0 Å². The van der Waals surface area contributed by atoms with E-state index in [1.165, 1.54) is 6.92 Å². The van der Waals surface area contributed by atoms with Gasteiger partial charge in [-0.05, 0) is 12.8 Å². The third-order valence-electron chi connectivity index (χ3n) is 0.893. The summed E-state index contributed by atoms with van der Waals surface area (Å²) in [6, 6.07) is 0. The highest BCUT2D eigenvalue weighted by atomic mass is 19.4. The van der Waals surface area contributed by atoms with E-state index >= 15 is 0 Å². The van der Waals surface area contributed by atoms with Crippen LogP contribution in [0.25, 0.3) is 0 Å². The lowest BCUT2D eigenvalue weighted by atomic mass is 10.3. The molecule has 0 bridgehead atoms. The molecule has 0 aliphatic rings. The molecule has 0 saturated heterocycles. The fraction of sp³-hybridized carbons (Fsp3) is 0.571. The Kier molecular flexibility index (Phi) is 3.86. The summed E-state index contributed by atoms with van der Waals surface area (Å²) < 4.78 is 62.7. The van der Waals surface area contributed by atoms with Crippen LogP contribution in [0.3, 0.4) is 0 Å². The molecule has 80 valence electrons. The molecule has 0 radical (unpaired) electrons. The Morgan fingerprint density at radius 3 is 2.07 bits per heavy atom. The van der Waals surface area contributed by atoms with Crippen LogP contribution in [0.4, 0.5) is 22.0 Å². The Labute approximate surface area is 76.0 Å². The molecule has 0 aliphatic carbocycles. The van der Waals surface area contributed by atoms with Crippen LogP contribution in [-0.2, 0) is 9.53 Å². The Bertz CT molecular complexity index is 270. The van der Waals surface area contributed by atoms with Crippen molar-refractivity contribution in [3.63, 3.8) is 0 Å². The van der Waals surface area contributed by atoms with Crippen molar-refractivity contribution >= 4 is 5.97 Å². The maximum atomic E-state index is 12.4. The zero-order chi connectivity index (χ0) is 11.4. The summed E-state index contributed by atoms with van der Waals surface area (Å²) in [6.07, 6.45) is -5.06. The summed E-state index contributed by atoms with van der Waals surface area (Å²) in [5.74, 6) is -5.71. The van der Waals surface area contributed by atoms with Crippen LogP contribution in [-0.4, -0.2) is 24.7 Å². The molecule has 0 amide bonds. The molecule has 0 unspecified atom stereocenters. The van der Waals surface area contributed by atoms with Gasteiger partial charge in [0, 0.05) is 5.92 Å². The van der Waals surface area contributed by atoms with Crippen LogP contribution in [0.15, 0.2) is 0 Å². The fourth-order valence-electron chi connectivity index (χ4n) is 0.422. The predicted octanol–water partition coefficient (Wildman–Crippen LogP) is 1.75. The number of alkyl halides is 5. The summed E-state index contributed by atoms with van der Waals surface area (Å²) in [5, 5.41) is 0. The van der Waals surface area contributed by atoms with E-state index in [1.54, 1.807) is 0 Å². The van der Waals surface area contributed by atoms with E-state index < -0.39 is 18.1 Å². The topological polar surface area (TPSA) is 26.3 Å². The van der Waals surface area contributed by atoms with Crippen LogP contribution in [0, 0.1) is 11.8 Å². The second-order valence-corrected chi connectivity index (χ2v) is 2.04. The molecule has 0 aromatic heterocycles. The van der Waals surface area contributed by atoms with Gasteiger partial charge in [0.25, 0.3) is 0 Å². The highest BCUT2D eigenvalue weighted by Gasteiger charge is 2.39. The van der Waals surface area contributed by atoms with Crippen molar-refractivity contribution in [1.82, 2.24) is 0 Å². The number of carbonyl (C=O) groups excluding carboxylic acids is 1. The van der Waals surface area contributed by atoms with Crippen LogP contribution in [0.2, 0.25) is 0 Å². The van der Waals surface area contributed by atoms with E-state index in [2.05, 4.69) is 4.74 Å². The number of ether oxygens (including phenoxy) is 1. The first-order valence-corrected chi connectivity index (χ1v) is 3.35. The van der Waals surface area contributed by atoms with Crippen molar-refractivity contribution in [2.75, 3.05) is 6.61 Å². The van der Waals surface area contributed by atoms with E-state index in [0.29, 0.717) is 11.8 Å². The molecule has 0 aromatic carbocycles. The molecule has 7 heteroatoms. The number of carbonyl (C=O) groups is 1. The molecule has 0 aromatic rings. The molecule has 14 heavy (non-hydrogen) atoms. The van der Waals surface area contributed by atoms with Gasteiger partial charge >= 0.3 is 18.1 Å². The molecular weight excluding hydrogens is 211 g/mol. The minimum absolute atomic E-state index is 0.301. The van der Waals surface area contributed by atoms with Gasteiger partial charge in [0.1, 0.15) is 0 Å². The fourth-order valence-corrected chi connectivity index (χ4v) is 0.422. The zero-order valence-electron chi connectivity index (χ0n) is 6.91. The van der Waals surface area contributed by atoms with Gasteiger partial charge in [-0.2, -0.15) is 22.0 Å². The molecule has 0 heterocycles. The van der Waals surface area contributed by atoms with Crippen LogP contribution in [0.1, 0.15) is 6.92 Å². The molecule has 2 nitrogen and oxygen atoms in total. The maximum Gasteiger partial charge on any atom is 0.457 e. The van der Waals surface area contributed by atoms with Crippen molar-refractivity contribution in [2.45, 2.75) is 19.0 Å². The molecule has 0 N–H and O–H groups in total. The molecular formula is C7H5F5O2. The van der Waals surface area contributed by atoms with Crippen molar-refractivity contribution < 1.29 is 31.5 Å². The molecule has 0 saturated carbocycles. The number of hydrogen-bond donors (Lipinski definition) is 0. The summed E-state index contributed by atoms with van der Waals surface area (Å²) in [6.45, 7) is 0.882. The second kappa shape index (κ2) is 4.26. The summed E-state index contributed by atoms with van der Waals surface area (Å²) in [4.78, 5) is 10.3. The van der Waals surface area contributed by atoms with Gasteiger partial charge in [-0.3, -0.25) is 0 Å². The van der Waals surface area contributed by atoms with Gasteiger partial charge in [0.15, 0.2) is 0 Å². The van der Waals surface area contributed by atoms with Crippen LogP contribution in [0.5, 0.6) is 0 Å². The average molecular weight is 216 g/mol. The lowest BCUT2D eigenvalue weighted by Crippen LogP contribution is -2.29. The average Bonchev–Trinajstić information content (AvgIpc) is 2.00. The summed E-state index contributed by atoms with van der Waals surface area (Å²) in [7, 11) is 0. The summed E-state index contributed by atoms with van der Waals surface area (Å²) in [5.41, 5.74) is 0. The monoisotopic (exact) mass is 216 g/mol. The van der Waals surface area contributed by atoms with E-state index in [9.17, 15) is 26.7 Å². The first-order chi connectivity index (χ1) is 6.19. The standard InChI is InChI=1S/C7H5F5O2/c1-2-14-5(13)6(8,9)3-4-7(10,11)12/h2H2,1H3. The molecule has 0 spiro atoms. The highest BCUT2D eigenvalue weighted by Crippen LogP contribution is 2.17. The van der Waals surface area contributed by atoms with Gasteiger partial charge in [0.05, 0.1) is 6.61 Å². The molecule has 0 atom stereocenters. The Morgan fingerprint density at radius 1 is 1.21 bits per heavy atom. The van der Waals surface area contributed by atoms with Crippen molar-refractivity contribution in [3.8, 4) is 11.8 Å². The lowest BCUT2D eigenvalue weighted by molar-refractivity contribution is -0.163. The van der Waals surface area contributed by atoms with E-state index in [0.717, 1.165) is 0 Å². The first kappa shape index (κ1) is 12.7. The number of rotatable bonds is 2. The van der Waals surface area contributed by atoms with Crippen LogP contribution >= 0.6 is 0 Å². The van der Waals surface area contributed by atoms with E-state index in [-0.39, 0.29) is 6.61 Å². The zero-order valence-corrected chi connectivity index (χ0v) is 6.91. The van der Waals surface area contributed by atoms with Crippen molar-refractivity contribution in [2.24, 2.45) is 0 Å². The van der Waals surface area contributed by atoms with Gasteiger partial charge in [0.2, 0.25) is 0 Å². The van der Waals surface area contributed by atoms with Crippen molar-refractivity contribution in [3.05, 3.63) is 0 Å². The third-order valence-corrected chi connectivity index (χ3v) is 0.893. The molecule has 0 rings (SSSR count). The van der Waals surface area contributed by atoms with E-state index in [4.69, 9.17) is 0 Å². The Morgan fingerprint density at radius 2 is 1.71 bits per heavy atom. The lowest BCUT2D eigenvalue weighted by Gasteiger charge is -2.07. The normalized spacial score (nSPS) is 11.6. The molecule has 0 aliphatic heterocycles. The predicted molar refractivity (Wildman–Crippen MR) is 35.4 cm³/mol. The Balaban J connectivity index is 4.61. The largest absolute Gasteiger partial charge is 0.461 e. The minimum atomic E-state index is -5.06. The van der Waals surface area contributed by atoms with Gasteiger partial charge in [-0.1, -0.05) is 0 Å². The van der Waals surface area contributed by atoms with Gasteiger partial charge < -0.3 is 4.74 Å². The maximum absolute atomic E-state index is 12.4. The van der Waals surface area contributed by atoms with Gasteiger partial charge in [-0.25, -0.2) is 4.79 Å². The summed E-state index contributed by atoms with van der Waals surface area (Å²) >= 11 is 0. The third kappa shape index (κ3) is 4.64. The SMILES string of the molecule is CCOC(=O)C(F)(F)C#CC(F)(F)F. The van der Waals surface area contributed by atoms with E-state index in [1.807, 2.05) is 0 Å². The number of halogens is 5. The number of hydrogen-bond acceptors (Lipinski definition) is 2. The smallest absolute Gasteiger partial charge is 0.457 e. The Hall–Kier alpha value is -1.32. The number of esters is 1. The quantitative estimate of drug-likeness (QED) is 0.399. The minimum Gasteiger partial charge on any atom is -0.461 e. The van der Waals surface area contributed by atoms with Crippen molar-refractivity contribution in [1.29, 1.82) is 0 Å². The van der Waals surface area contributed by atoms with Crippen LogP contribution < -0.4 is 0 Å². The molecule has 0 fully saturated rings. The second-order valence-electron chi connectivity index (χ2n) is 2.04.